The number of hydrazone groups is 1. The first-order chi connectivity index (χ1) is 14.4. The van der Waals surface area contributed by atoms with Crippen molar-refractivity contribution in [3.8, 4) is 0 Å². The lowest BCUT2D eigenvalue weighted by atomic mass is 10.1. The molecule has 4 rings (SSSR count). The average molecular weight is 467 g/mol. The maximum Gasteiger partial charge on any atom is 0.329 e. The third kappa shape index (κ3) is 3.84. The average Bonchev–Trinajstić information content (AvgIpc) is 3.10. The molecule has 8 nitrogen and oxygen atoms in total. The molecule has 30 heavy (non-hydrogen) atoms. The molecule has 152 valence electrons. The Morgan fingerprint density at radius 2 is 1.93 bits per heavy atom. The van der Waals surface area contributed by atoms with E-state index in [1.807, 2.05) is 61.5 Å². The highest BCUT2D eigenvalue weighted by Gasteiger charge is 2.17. The minimum Gasteiger partial charge on any atom is -0.298 e. The second kappa shape index (κ2) is 8.11. The van der Waals surface area contributed by atoms with E-state index < -0.39 is 11.2 Å². The molecule has 0 bridgehead atoms. The zero-order valence-electron chi connectivity index (χ0n) is 16.4. The van der Waals surface area contributed by atoms with Gasteiger partial charge < -0.3 is 0 Å². The van der Waals surface area contributed by atoms with E-state index in [-0.39, 0.29) is 5.65 Å². The highest BCUT2D eigenvalue weighted by atomic mass is 79.9. The number of hydrogen-bond donors (Lipinski definition) is 2. The Morgan fingerprint density at radius 1 is 1.17 bits per heavy atom. The Kier molecular flexibility index (Phi) is 5.37. The van der Waals surface area contributed by atoms with Crippen molar-refractivity contribution in [3.05, 3.63) is 91.0 Å². The van der Waals surface area contributed by atoms with E-state index >= 15 is 0 Å². The van der Waals surface area contributed by atoms with E-state index in [0.717, 1.165) is 21.3 Å². The molecule has 0 spiro atoms. The summed E-state index contributed by atoms with van der Waals surface area (Å²) in [6.07, 6.45) is 0. The molecular formula is C21H19BrN6O2. The summed E-state index contributed by atoms with van der Waals surface area (Å²) in [5, 5.41) is 4.44. The van der Waals surface area contributed by atoms with E-state index in [9.17, 15) is 9.59 Å². The number of halogens is 1. The van der Waals surface area contributed by atoms with Gasteiger partial charge in [-0.25, -0.2) is 10.2 Å². The standard InChI is InChI=1S/C21H19BrN6O2/c1-13(15-8-4-3-5-9-15)25-26-20-23-18-17(19(29)24-21(30)27(18)2)28(20)12-14-7-6-10-16(22)11-14/h3-11H,12H2,1-2H3,(H,23,26)(H,24,29,30)/b25-13+. The number of imidazole rings is 1. The number of benzene rings is 2. The minimum absolute atomic E-state index is 0.286. The summed E-state index contributed by atoms with van der Waals surface area (Å²) in [5.41, 5.74) is 5.23. The fraction of sp³-hybridized carbons (Fsp3) is 0.143. The van der Waals surface area contributed by atoms with Crippen LogP contribution in [0, 0.1) is 0 Å². The maximum absolute atomic E-state index is 12.6. The van der Waals surface area contributed by atoms with Crippen molar-refractivity contribution in [2.45, 2.75) is 13.5 Å². The van der Waals surface area contributed by atoms with Crippen LogP contribution in [0.3, 0.4) is 0 Å². The number of anilines is 1. The number of nitrogens with zero attached hydrogens (tertiary/aromatic N) is 4. The van der Waals surface area contributed by atoms with Crippen LogP contribution >= 0.6 is 15.9 Å². The first kappa shape index (κ1) is 19.8. The summed E-state index contributed by atoms with van der Waals surface area (Å²) in [4.78, 5) is 31.5. The van der Waals surface area contributed by atoms with Gasteiger partial charge in [0.05, 0.1) is 12.3 Å². The Morgan fingerprint density at radius 3 is 2.67 bits per heavy atom. The Labute approximate surface area is 180 Å². The topological polar surface area (TPSA) is 97.1 Å². The third-order valence-electron chi connectivity index (χ3n) is 4.75. The van der Waals surface area contributed by atoms with Gasteiger partial charge in [-0.15, -0.1) is 0 Å². The third-order valence-corrected chi connectivity index (χ3v) is 5.25. The molecule has 0 amide bonds. The smallest absolute Gasteiger partial charge is 0.298 e. The van der Waals surface area contributed by atoms with Crippen molar-refractivity contribution in [2.24, 2.45) is 12.1 Å². The first-order valence-electron chi connectivity index (χ1n) is 9.24. The summed E-state index contributed by atoms with van der Waals surface area (Å²) in [6.45, 7) is 2.26. The van der Waals surface area contributed by atoms with Gasteiger partial charge in [-0.05, 0) is 30.2 Å². The number of H-pyrrole nitrogens is 1. The zero-order valence-corrected chi connectivity index (χ0v) is 18.0. The van der Waals surface area contributed by atoms with Gasteiger partial charge in [0.2, 0.25) is 5.95 Å². The van der Waals surface area contributed by atoms with Crippen LogP contribution < -0.4 is 16.7 Å². The number of hydrogen-bond acceptors (Lipinski definition) is 5. The molecule has 0 atom stereocenters. The molecule has 0 aliphatic rings. The number of fused-ring (bicyclic) bond motifs is 1. The van der Waals surface area contributed by atoms with Gasteiger partial charge in [0.25, 0.3) is 5.56 Å². The number of aryl methyl sites for hydroxylation is 1. The summed E-state index contributed by atoms with van der Waals surface area (Å²) < 4.78 is 3.96. The van der Waals surface area contributed by atoms with E-state index in [4.69, 9.17) is 0 Å². The highest BCUT2D eigenvalue weighted by Crippen LogP contribution is 2.20. The second-order valence-corrected chi connectivity index (χ2v) is 7.73. The largest absolute Gasteiger partial charge is 0.329 e. The molecule has 9 heteroatoms. The van der Waals surface area contributed by atoms with Crippen LogP contribution in [0.1, 0.15) is 18.1 Å². The van der Waals surface area contributed by atoms with Crippen LogP contribution in [-0.4, -0.2) is 24.8 Å². The molecular weight excluding hydrogens is 448 g/mol. The molecule has 4 aromatic rings. The zero-order chi connectivity index (χ0) is 21.3. The van der Waals surface area contributed by atoms with Crippen molar-refractivity contribution in [3.63, 3.8) is 0 Å². The van der Waals surface area contributed by atoms with Crippen LogP contribution in [-0.2, 0) is 13.6 Å². The molecule has 0 radical (unpaired) electrons. The van der Waals surface area contributed by atoms with Crippen LogP contribution in [0.5, 0.6) is 0 Å². The predicted molar refractivity (Wildman–Crippen MR) is 121 cm³/mol. The first-order valence-corrected chi connectivity index (χ1v) is 10.0. The van der Waals surface area contributed by atoms with Crippen molar-refractivity contribution in [1.29, 1.82) is 0 Å². The molecule has 0 aliphatic heterocycles. The summed E-state index contributed by atoms with van der Waals surface area (Å²) in [7, 11) is 1.57. The lowest BCUT2D eigenvalue weighted by Crippen LogP contribution is -2.29. The lowest BCUT2D eigenvalue weighted by Gasteiger charge is -2.09. The van der Waals surface area contributed by atoms with E-state index in [1.165, 1.54) is 4.57 Å². The molecule has 2 heterocycles. The molecule has 0 saturated carbocycles. The molecule has 0 unspecified atom stereocenters. The monoisotopic (exact) mass is 466 g/mol. The summed E-state index contributed by atoms with van der Waals surface area (Å²) in [6, 6.07) is 17.5. The minimum atomic E-state index is -0.518. The summed E-state index contributed by atoms with van der Waals surface area (Å²) >= 11 is 3.47. The van der Waals surface area contributed by atoms with Crippen LogP contribution in [0.2, 0.25) is 0 Å². The number of rotatable bonds is 5. The Bertz CT molecular complexity index is 1370. The molecule has 2 aromatic heterocycles. The van der Waals surface area contributed by atoms with Gasteiger partial charge in [0, 0.05) is 11.5 Å². The van der Waals surface area contributed by atoms with Crippen molar-refractivity contribution < 1.29 is 0 Å². The Balaban J connectivity index is 1.83. The normalized spacial score (nSPS) is 11.8. The molecule has 2 N–H and O–H groups in total. The van der Waals surface area contributed by atoms with Gasteiger partial charge in [0.1, 0.15) is 0 Å². The molecule has 0 fully saturated rings. The fourth-order valence-electron chi connectivity index (χ4n) is 3.17. The molecule has 0 aliphatic carbocycles. The van der Waals surface area contributed by atoms with Gasteiger partial charge in [-0.2, -0.15) is 10.1 Å². The molecule has 0 saturated heterocycles. The van der Waals surface area contributed by atoms with Crippen LogP contribution in [0.4, 0.5) is 5.95 Å². The second-order valence-electron chi connectivity index (χ2n) is 6.82. The summed E-state index contributed by atoms with van der Waals surface area (Å²) in [5.74, 6) is 0.368. The van der Waals surface area contributed by atoms with E-state index in [0.29, 0.717) is 18.0 Å². The van der Waals surface area contributed by atoms with Crippen LogP contribution in [0.25, 0.3) is 11.2 Å². The van der Waals surface area contributed by atoms with E-state index in [1.54, 1.807) is 11.6 Å². The lowest BCUT2D eigenvalue weighted by molar-refractivity contribution is 0.808. The van der Waals surface area contributed by atoms with E-state index in [2.05, 4.69) is 36.4 Å². The van der Waals surface area contributed by atoms with Crippen molar-refractivity contribution in [1.82, 2.24) is 19.1 Å². The number of aromatic nitrogens is 4. The van der Waals surface area contributed by atoms with Gasteiger partial charge >= 0.3 is 5.69 Å². The quantitative estimate of drug-likeness (QED) is 0.348. The van der Waals surface area contributed by atoms with Gasteiger partial charge in [-0.1, -0.05) is 58.4 Å². The Hall–Kier alpha value is -3.46. The predicted octanol–water partition coefficient (Wildman–Crippen LogP) is 3.07. The molecule has 2 aromatic carbocycles. The fourth-order valence-corrected chi connectivity index (χ4v) is 3.62. The number of aromatic amines is 1. The van der Waals surface area contributed by atoms with Gasteiger partial charge in [0.15, 0.2) is 11.2 Å². The maximum atomic E-state index is 12.6. The SMILES string of the molecule is C/C(=N\Nc1nc2c(c(=O)[nH]c(=O)n2C)n1Cc1cccc(Br)c1)c1ccccc1. The van der Waals surface area contributed by atoms with Crippen molar-refractivity contribution in [2.75, 3.05) is 5.43 Å². The van der Waals surface area contributed by atoms with Crippen LogP contribution in [0.15, 0.2) is 73.8 Å². The van der Waals surface area contributed by atoms with Gasteiger partial charge in [-0.3, -0.25) is 18.9 Å². The number of nitrogens with one attached hydrogen (secondary N) is 2. The highest BCUT2D eigenvalue weighted by molar-refractivity contribution is 9.10. The van der Waals surface area contributed by atoms with Crippen molar-refractivity contribution >= 4 is 38.8 Å².